The van der Waals surface area contributed by atoms with Crippen LogP contribution in [0, 0.1) is 6.92 Å². The van der Waals surface area contributed by atoms with Crippen molar-refractivity contribution in [2.75, 3.05) is 24.4 Å². The third kappa shape index (κ3) is 5.08. The standard InChI is InChI=1S/C23H30N6O2/c1-14-4-7-17(10-24-14)28-22-20-12-26-23(27-15(2)13-31-3)29-21(20)19(11-25-22)16-5-8-18(30)9-6-16/h4,7,10-12,15-16,18,30H,5-6,8-9,13H2,1-3H3,(H,25,28)(H,26,27,29)/t15-,16?,18?/m0/s1. The van der Waals surface area contributed by atoms with Crippen molar-refractivity contribution in [1.82, 2.24) is 19.9 Å². The van der Waals surface area contributed by atoms with Gasteiger partial charge in [0.15, 0.2) is 0 Å². The number of nitrogens with zero attached hydrogens (tertiary/aromatic N) is 4. The normalized spacial score (nSPS) is 19.9. The van der Waals surface area contributed by atoms with Crippen molar-refractivity contribution >= 4 is 28.4 Å². The first-order valence-corrected chi connectivity index (χ1v) is 10.8. The molecule has 0 radical (unpaired) electrons. The summed E-state index contributed by atoms with van der Waals surface area (Å²) in [5.41, 5.74) is 3.83. The summed E-state index contributed by atoms with van der Waals surface area (Å²) in [6.45, 7) is 4.56. The fourth-order valence-corrected chi connectivity index (χ4v) is 4.09. The second-order valence-electron chi connectivity index (χ2n) is 8.34. The van der Waals surface area contributed by atoms with Crippen LogP contribution in [0.3, 0.4) is 0 Å². The quantitative estimate of drug-likeness (QED) is 0.526. The molecule has 8 nitrogen and oxygen atoms in total. The molecule has 0 saturated heterocycles. The Balaban J connectivity index is 1.72. The van der Waals surface area contributed by atoms with Gasteiger partial charge in [-0.3, -0.25) is 4.98 Å². The average molecular weight is 423 g/mol. The van der Waals surface area contributed by atoms with Gasteiger partial charge in [-0.2, -0.15) is 0 Å². The first kappa shape index (κ1) is 21.4. The second-order valence-corrected chi connectivity index (χ2v) is 8.34. The third-order valence-electron chi connectivity index (χ3n) is 5.75. The topological polar surface area (TPSA) is 105 Å². The summed E-state index contributed by atoms with van der Waals surface area (Å²) in [6.07, 6.45) is 8.81. The van der Waals surface area contributed by atoms with Crippen molar-refractivity contribution in [3.05, 3.63) is 42.0 Å². The number of rotatable bonds is 7. The zero-order valence-electron chi connectivity index (χ0n) is 18.3. The van der Waals surface area contributed by atoms with Crippen LogP contribution in [-0.2, 0) is 4.74 Å². The molecule has 3 N–H and O–H groups in total. The van der Waals surface area contributed by atoms with Crippen molar-refractivity contribution in [3.8, 4) is 0 Å². The Morgan fingerprint density at radius 2 is 1.90 bits per heavy atom. The number of pyridine rings is 2. The molecule has 31 heavy (non-hydrogen) atoms. The first-order chi connectivity index (χ1) is 15.0. The maximum atomic E-state index is 9.93. The Morgan fingerprint density at radius 3 is 2.61 bits per heavy atom. The number of nitrogens with one attached hydrogen (secondary N) is 2. The molecule has 3 aromatic rings. The van der Waals surface area contributed by atoms with Crippen molar-refractivity contribution in [1.29, 1.82) is 0 Å². The molecule has 1 saturated carbocycles. The monoisotopic (exact) mass is 422 g/mol. The molecule has 3 heterocycles. The van der Waals surface area contributed by atoms with E-state index in [2.05, 4.69) is 20.6 Å². The predicted octanol–water partition coefficient (Wildman–Crippen LogP) is 3.94. The predicted molar refractivity (Wildman–Crippen MR) is 122 cm³/mol. The maximum absolute atomic E-state index is 9.93. The Kier molecular flexibility index (Phi) is 6.58. The molecule has 0 unspecified atom stereocenters. The maximum Gasteiger partial charge on any atom is 0.223 e. The number of hydrogen-bond acceptors (Lipinski definition) is 8. The van der Waals surface area contributed by atoms with Crippen LogP contribution in [0.4, 0.5) is 17.5 Å². The highest BCUT2D eigenvalue weighted by Gasteiger charge is 2.24. The van der Waals surface area contributed by atoms with Gasteiger partial charge in [0.1, 0.15) is 5.82 Å². The van der Waals surface area contributed by atoms with Gasteiger partial charge in [-0.25, -0.2) is 15.0 Å². The molecule has 0 aromatic carbocycles. The number of hydrogen-bond donors (Lipinski definition) is 3. The van der Waals surface area contributed by atoms with Crippen LogP contribution in [0.1, 0.15) is 49.8 Å². The highest BCUT2D eigenvalue weighted by atomic mass is 16.5. The lowest BCUT2D eigenvalue weighted by Gasteiger charge is -2.26. The average Bonchev–Trinajstić information content (AvgIpc) is 2.76. The van der Waals surface area contributed by atoms with Gasteiger partial charge in [-0.15, -0.1) is 0 Å². The van der Waals surface area contributed by atoms with Crippen LogP contribution in [0.5, 0.6) is 0 Å². The van der Waals surface area contributed by atoms with E-state index in [9.17, 15) is 5.11 Å². The number of aliphatic hydroxyl groups excluding tert-OH is 1. The minimum Gasteiger partial charge on any atom is -0.393 e. The summed E-state index contributed by atoms with van der Waals surface area (Å²) in [6, 6.07) is 4.03. The van der Waals surface area contributed by atoms with Gasteiger partial charge in [0.05, 0.1) is 35.5 Å². The Hall–Kier alpha value is -2.84. The number of aryl methyl sites for hydroxylation is 1. The van der Waals surface area contributed by atoms with E-state index < -0.39 is 0 Å². The number of aliphatic hydroxyl groups is 1. The molecule has 8 heteroatoms. The van der Waals surface area contributed by atoms with Crippen molar-refractivity contribution in [2.24, 2.45) is 0 Å². The van der Waals surface area contributed by atoms with Gasteiger partial charge in [0.2, 0.25) is 5.95 Å². The summed E-state index contributed by atoms with van der Waals surface area (Å²) in [7, 11) is 1.68. The summed E-state index contributed by atoms with van der Waals surface area (Å²) in [5, 5.41) is 17.5. The molecule has 0 amide bonds. The lowest BCUT2D eigenvalue weighted by atomic mass is 9.82. The fraction of sp³-hybridized carbons (Fsp3) is 0.478. The summed E-state index contributed by atoms with van der Waals surface area (Å²) < 4.78 is 5.22. The van der Waals surface area contributed by atoms with Crippen molar-refractivity contribution < 1.29 is 9.84 Å². The Morgan fingerprint density at radius 1 is 1.10 bits per heavy atom. The summed E-state index contributed by atoms with van der Waals surface area (Å²) in [5.74, 6) is 1.60. The summed E-state index contributed by atoms with van der Waals surface area (Å²) >= 11 is 0. The molecular weight excluding hydrogens is 392 g/mol. The Bertz CT molecular complexity index is 1020. The number of fused-ring (bicyclic) bond motifs is 1. The van der Waals surface area contributed by atoms with E-state index >= 15 is 0 Å². The number of ether oxygens (including phenoxy) is 1. The SMILES string of the molecule is COC[C@H](C)Nc1ncc2c(Nc3ccc(C)nc3)ncc(C3CCC(O)CC3)c2n1. The van der Waals surface area contributed by atoms with Crippen LogP contribution < -0.4 is 10.6 Å². The third-order valence-corrected chi connectivity index (χ3v) is 5.75. The summed E-state index contributed by atoms with van der Waals surface area (Å²) in [4.78, 5) is 18.5. The molecule has 4 rings (SSSR count). The zero-order valence-corrected chi connectivity index (χ0v) is 18.3. The molecule has 0 aliphatic heterocycles. The molecular formula is C23H30N6O2. The molecule has 1 atom stereocenters. The fourth-order valence-electron chi connectivity index (χ4n) is 4.09. The van der Waals surface area contributed by atoms with Gasteiger partial charge in [-0.05, 0) is 57.6 Å². The van der Waals surface area contributed by atoms with Gasteiger partial charge in [0.25, 0.3) is 0 Å². The van der Waals surface area contributed by atoms with Gasteiger partial charge in [0, 0.05) is 36.8 Å². The minimum absolute atomic E-state index is 0.0915. The molecule has 0 bridgehead atoms. The van der Waals surface area contributed by atoms with E-state index in [0.717, 1.165) is 53.5 Å². The van der Waals surface area contributed by atoms with Crippen molar-refractivity contribution in [2.45, 2.75) is 57.6 Å². The van der Waals surface area contributed by atoms with Gasteiger partial charge >= 0.3 is 0 Å². The smallest absolute Gasteiger partial charge is 0.223 e. The van der Waals surface area contributed by atoms with Crippen LogP contribution >= 0.6 is 0 Å². The van der Waals surface area contributed by atoms with E-state index in [1.165, 1.54) is 0 Å². The van der Waals surface area contributed by atoms with Crippen LogP contribution in [0.2, 0.25) is 0 Å². The minimum atomic E-state index is -0.202. The van der Waals surface area contributed by atoms with E-state index in [4.69, 9.17) is 14.7 Å². The molecule has 3 aromatic heterocycles. The van der Waals surface area contributed by atoms with E-state index in [-0.39, 0.29) is 12.1 Å². The number of methoxy groups -OCH3 is 1. The second kappa shape index (κ2) is 9.53. The lowest BCUT2D eigenvalue weighted by molar-refractivity contribution is 0.122. The van der Waals surface area contributed by atoms with E-state index in [1.807, 2.05) is 38.4 Å². The van der Waals surface area contributed by atoms with E-state index in [0.29, 0.717) is 24.3 Å². The van der Waals surface area contributed by atoms with Gasteiger partial charge in [-0.1, -0.05) is 0 Å². The van der Waals surface area contributed by atoms with Crippen molar-refractivity contribution in [3.63, 3.8) is 0 Å². The van der Waals surface area contributed by atoms with Crippen LogP contribution in [-0.4, -0.2) is 50.9 Å². The molecule has 1 fully saturated rings. The largest absolute Gasteiger partial charge is 0.393 e. The number of anilines is 3. The van der Waals surface area contributed by atoms with Crippen LogP contribution in [0.25, 0.3) is 10.9 Å². The number of aromatic nitrogens is 4. The highest BCUT2D eigenvalue weighted by Crippen LogP contribution is 2.37. The first-order valence-electron chi connectivity index (χ1n) is 10.8. The van der Waals surface area contributed by atoms with Gasteiger partial charge < -0.3 is 20.5 Å². The van der Waals surface area contributed by atoms with E-state index in [1.54, 1.807) is 13.3 Å². The molecule has 164 valence electrons. The molecule has 1 aliphatic carbocycles. The Labute approximate surface area is 182 Å². The van der Waals surface area contributed by atoms with Crippen LogP contribution in [0.15, 0.2) is 30.7 Å². The molecule has 1 aliphatic rings. The highest BCUT2D eigenvalue weighted by molar-refractivity contribution is 5.93. The lowest BCUT2D eigenvalue weighted by Crippen LogP contribution is -2.22. The molecule has 0 spiro atoms. The zero-order chi connectivity index (χ0) is 21.8.